The largest absolute Gasteiger partial charge is 0.351 e. The summed E-state index contributed by atoms with van der Waals surface area (Å²) < 4.78 is 2.12. The second kappa shape index (κ2) is 7.48. The van der Waals surface area contributed by atoms with Crippen molar-refractivity contribution in [2.45, 2.75) is 12.1 Å². The van der Waals surface area contributed by atoms with Gasteiger partial charge in [-0.25, -0.2) is 4.98 Å². The molecule has 0 spiro atoms. The molecule has 5 rings (SSSR count). The Morgan fingerprint density at radius 3 is 2.28 bits per heavy atom. The van der Waals surface area contributed by atoms with Crippen LogP contribution in [0.15, 0.2) is 97.5 Å². The molecule has 0 bridgehead atoms. The molecule has 1 aromatic carbocycles. The Morgan fingerprint density at radius 1 is 0.793 bits per heavy atom. The van der Waals surface area contributed by atoms with Gasteiger partial charge in [0.15, 0.2) is 5.11 Å². The van der Waals surface area contributed by atoms with Crippen molar-refractivity contribution in [2.75, 3.05) is 4.90 Å². The maximum absolute atomic E-state index is 5.77. The van der Waals surface area contributed by atoms with Crippen LogP contribution in [0.3, 0.4) is 0 Å². The summed E-state index contributed by atoms with van der Waals surface area (Å²) in [5.74, 6) is 0.873. The number of aromatic nitrogens is 3. The highest BCUT2D eigenvalue weighted by Crippen LogP contribution is 2.41. The van der Waals surface area contributed by atoms with Crippen LogP contribution in [0.2, 0.25) is 0 Å². The average molecular weight is 398 g/mol. The maximum Gasteiger partial charge on any atom is 0.174 e. The van der Waals surface area contributed by atoms with E-state index in [1.165, 1.54) is 0 Å². The highest BCUT2D eigenvalue weighted by atomic mass is 32.1. The number of rotatable bonds is 4. The third-order valence-corrected chi connectivity index (χ3v) is 5.43. The highest BCUT2D eigenvalue weighted by Gasteiger charge is 2.42. The van der Waals surface area contributed by atoms with Crippen molar-refractivity contribution in [1.82, 2.24) is 19.9 Å². The summed E-state index contributed by atoms with van der Waals surface area (Å²) in [7, 11) is 0. The molecule has 1 fully saturated rings. The van der Waals surface area contributed by atoms with Gasteiger partial charge in [-0.1, -0.05) is 30.3 Å². The minimum absolute atomic E-state index is 0.0724. The second-order valence-corrected chi connectivity index (χ2v) is 7.21. The fourth-order valence-electron chi connectivity index (χ4n) is 3.86. The molecular formula is C23H19N5S. The second-order valence-electron chi connectivity index (χ2n) is 6.82. The normalized spacial score (nSPS) is 18.6. The van der Waals surface area contributed by atoms with Crippen LogP contribution in [0.4, 0.5) is 5.69 Å². The van der Waals surface area contributed by atoms with E-state index in [2.05, 4.69) is 43.0 Å². The Morgan fingerprint density at radius 2 is 1.55 bits per heavy atom. The molecular weight excluding hydrogens is 378 g/mol. The van der Waals surface area contributed by atoms with E-state index in [1.807, 2.05) is 79.3 Å². The molecule has 0 radical (unpaired) electrons. The Labute approximate surface area is 174 Å². The SMILES string of the molecule is S=C1N[C@H](c2ccccn2)[C@H](c2cccn2-c2ccccn2)N1c1ccccc1. The van der Waals surface area contributed by atoms with Crippen molar-refractivity contribution in [3.8, 4) is 5.82 Å². The quantitative estimate of drug-likeness (QED) is 0.516. The average Bonchev–Trinajstić information content (AvgIpc) is 3.40. The first kappa shape index (κ1) is 17.6. The fourth-order valence-corrected chi connectivity index (χ4v) is 4.21. The molecule has 6 heteroatoms. The summed E-state index contributed by atoms with van der Waals surface area (Å²) in [6.07, 6.45) is 5.67. The first-order valence-electron chi connectivity index (χ1n) is 9.47. The first-order valence-corrected chi connectivity index (χ1v) is 9.88. The van der Waals surface area contributed by atoms with Gasteiger partial charge in [0.25, 0.3) is 0 Å². The van der Waals surface area contributed by atoms with E-state index in [1.54, 1.807) is 0 Å². The molecule has 0 amide bonds. The van der Waals surface area contributed by atoms with Gasteiger partial charge in [-0.2, -0.15) is 0 Å². The van der Waals surface area contributed by atoms with E-state index in [0.717, 1.165) is 22.9 Å². The van der Waals surface area contributed by atoms with Crippen LogP contribution >= 0.6 is 12.2 Å². The van der Waals surface area contributed by atoms with Crippen LogP contribution < -0.4 is 10.2 Å². The fraction of sp³-hybridized carbons (Fsp3) is 0.0870. The predicted octanol–water partition coefficient (Wildman–Crippen LogP) is 4.44. The van der Waals surface area contributed by atoms with Gasteiger partial charge >= 0.3 is 0 Å². The number of nitrogens with one attached hydrogen (secondary N) is 1. The molecule has 4 aromatic rings. The van der Waals surface area contributed by atoms with Crippen LogP contribution in [-0.4, -0.2) is 19.6 Å². The third-order valence-electron chi connectivity index (χ3n) is 5.11. The summed E-state index contributed by atoms with van der Waals surface area (Å²) in [6, 6.07) is 26.1. The number of pyridine rings is 2. The molecule has 0 saturated carbocycles. The molecule has 1 aliphatic rings. The van der Waals surface area contributed by atoms with E-state index < -0.39 is 0 Å². The monoisotopic (exact) mass is 397 g/mol. The lowest BCUT2D eigenvalue weighted by Crippen LogP contribution is -2.30. The zero-order valence-electron chi connectivity index (χ0n) is 15.6. The van der Waals surface area contributed by atoms with Gasteiger partial charge in [-0.05, 0) is 60.7 Å². The number of para-hydroxylation sites is 1. The number of nitrogens with zero attached hydrogens (tertiary/aromatic N) is 4. The first-order chi connectivity index (χ1) is 14.3. The number of benzene rings is 1. The molecule has 142 valence electrons. The van der Waals surface area contributed by atoms with E-state index in [0.29, 0.717) is 5.11 Å². The summed E-state index contributed by atoms with van der Waals surface area (Å²) in [6.45, 7) is 0. The van der Waals surface area contributed by atoms with Gasteiger partial charge < -0.3 is 14.8 Å². The zero-order chi connectivity index (χ0) is 19.6. The van der Waals surface area contributed by atoms with Crippen molar-refractivity contribution in [3.05, 3.63) is 109 Å². The van der Waals surface area contributed by atoms with Crippen molar-refractivity contribution in [2.24, 2.45) is 0 Å². The minimum atomic E-state index is -0.0822. The summed E-state index contributed by atoms with van der Waals surface area (Å²) >= 11 is 5.77. The summed E-state index contributed by atoms with van der Waals surface area (Å²) in [5, 5.41) is 4.18. The van der Waals surface area contributed by atoms with Crippen molar-refractivity contribution in [3.63, 3.8) is 0 Å². The molecule has 4 heterocycles. The van der Waals surface area contributed by atoms with Gasteiger partial charge in [-0.3, -0.25) is 4.98 Å². The number of hydrogen-bond donors (Lipinski definition) is 1. The van der Waals surface area contributed by atoms with E-state index in [4.69, 9.17) is 12.2 Å². The van der Waals surface area contributed by atoms with Crippen molar-refractivity contribution < 1.29 is 0 Å². The van der Waals surface area contributed by atoms with Crippen LogP contribution in [0, 0.1) is 0 Å². The molecule has 1 saturated heterocycles. The van der Waals surface area contributed by atoms with Crippen molar-refractivity contribution in [1.29, 1.82) is 0 Å². The van der Waals surface area contributed by atoms with E-state index in [9.17, 15) is 0 Å². The predicted molar refractivity (Wildman–Crippen MR) is 118 cm³/mol. The Balaban J connectivity index is 1.67. The molecule has 1 aliphatic heterocycles. The molecule has 5 nitrogen and oxygen atoms in total. The van der Waals surface area contributed by atoms with Crippen LogP contribution in [-0.2, 0) is 0 Å². The Hall–Kier alpha value is -3.51. The molecule has 2 atom stereocenters. The number of hydrogen-bond acceptors (Lipinski definition) is 3. The third kappa shape index (κ3) is 3.17. The zero-order valence-corrected chi connectivity index (χ0v) is 16.4. The van der Waals surface area contributed by atoms with Crippen molar-refractivity contribution >= 4 is 23.0 Å². The maximum atomic E-state index is 5.77. The summed E-state index contributed by atoms with van der Waals surface area (Å²) in [5.41, 5.74) is 3.09. The molecule has 29 heavy (non-hydrogen) atoms. The van der Waals surface area contributed by atoms with Gasteiger partial charge in [0.05, 0.1) is 11.7 Å². The van der Waals surface area contributed by atoms with Gasteiger partial charge in [0, 0.05) is 30.0 Å². The lowest BCUT2D eigenvalue weighted by atomic mass is 10.0. The van der Waals surface area contributed by atoms with Crippen LogP contribution in [0.25, 0.3) is 5.82 Å². The van der Waals surface area contributed by atoms with Crippen LogP contribution in [0.5, 0.6) is 0 Å². The number of thiocarbonyl (C=S) groups is 1. The lowest BCUT2D eigenvalue weighted by Gasteiger charge is -2.28. The minimum Gasteiger partial charge on any atom is -0.351 e. The van der Waals surface area contributed by atoms with Gasteiger partial charge in [0.2, 0.25) is 0 Å². The smallest absolute Gasteiger partial charge is 0.174 e. The van der Waals surface area contributed by atoms with E-state index in [-0.39, 0.29) is 12.1 Å². The molecule has 0 aliphatic carbocycles. The van der Waals surface area contributed by atoms with Crippen LogP contribution in [0.1, 0.15) is 23.5 Å². The van der Waals surface area contributed by atoms with E-state index >= 15 is 0 Å². The summed E-state index contributed by atoms with van der Waals surface area (Å²) in [4.78, 5) is 11.3. The van der Waals surface area contributed by atoms with Gasteiger partial charge in [0.1, 0.15) is 11.9 Å². The Kier molecular flexibility index (Phi) is 4.54. The lowest BCUT2D eigenvalue weighted by molar-refractivity contribution is 0.548. The molecule has 3 aromatic heterocycles. The topological polar surface area (TPSA) is 46.0 Å². The molecule has 0 unspecified atom stereocenters. The number of anilines is 1. The standard InChI is InChI=1S/C23H19N5S/c29-23-26-21(18-11-4-6-14-24-18)22(28(23)17-9-2-1-3-10-17)19-12-8-16-27(19)20-13-5-7-15-25-20/h1-16,21-22H,(H,26,29)/t21-,22+/m1/s1. The van der Waals surface area contributed by atoms with Gasteiger partial charge in [-0.15, -0.1) is 0 Å². The molecule has 1 N–H and O–H groups in total. The highest BCUT2D eigenvalue weighted by molar-refractivity contribution is 7.80. The Bertz CT molecular complexity index is 1110.